The first kappa shape index (κ1) is 56.9. The summed E-state index contributed by atoms with van der Waals surface area (Å²) in [5.74, 6) is 2.81. The highest BCUT2D eigenvalue weighted by atomic mass is 79.9. The Morgan fingerprint density at radius 2 is 0.526 bits per heavy atom. The van der Waals surface area contributed by atoms with Crippen molar-refractivity contribution in [2.75, 3.05) is 0 Å². The van der Waals surface area contributed by atoms with Crippen molar-refractivity contribution in [3.05, 3.63) is 277 Å². The molecule has 0 unspecified atom stereocenters. The molecule has 0 heterocycles. The van der Waals surface area contributed by atoms with Gasteiger partial charge in [0.2, 0.25) is 0 Å². The minimum atomic E-state index is -0.189. The Balaban J connectivity index is 1.19. The van der Waals surface area contributed by atoms with E-state index in [2.05, 4.69) is 308 Å². The topological polar surface area (TPSA) is 36.9 Å². The maximum Gasteiger partial charge on any atom is 0.343 e. The molecule has 8 rings (SSSR count). The maximum atomic E-state index is 6.84. The van der Waals surface area contributed by atoms with Crippen LogP contribution in [0.15, 0.2) is 211 Å². The highest BCUT2D eigenvalue weighted by Crippen LogP contribution is 2.49. The lowest BCUT2D eigenvalue weighted by Gasteiger charge is -2.28. The second kappa shape index (κ2) is 28.9. The quantitative estimate of drug-likeness (QED) is 0.0598. The second-order valence-corrected chi connectivity index (χ2v) is 24.7. The van der Waals surface area contributed by atoms with Crippen molar-refractivity contribution in [3.8, 4) is 23.0 Å². The molecule has 0 saturated carbocycles. The highest BCUT2D eigenvalue weighted by Gasteiger charge is 2.30. The van der Waals surface area contributed by atoms with Gasteiger partial charge in [-0.25, -0.2) is 0 Å². The lowest BCUT2D eigenvalue weighted by atomic mass is 9.80. The van der Waals surface area contributed by atoms with Gasteiger partial charge >= 0.3 is 39.1 Å². The molecule has 12 heteroatoms. The van der Waals surface area contributed by atoms with Crippen molar-refractivity contribution >= 4 is 127 Å². The van der Waals surface area contributed by atoms with E-state index in [4.69, 9.17) is 17.7 Å². The summed E-state index contributed by atoms with van der Waals surface area (Å²) in [6, 6.07) is 59.5. The van der Waals surface area contributed by atoms with Crippen LogP contribution in [0.3, 0.4) is 0 Å². The van der Waals surface area contributed by atoms with Crippen LogP contribution >= 0.6 is 63.7 Å². The molecule has 0 saturated heterocycles. The highest BCUT2D eigenvalue weighted by molar-refractivity contribution is 9.11. The molecule has 8 aromatic carbocycles. The Kier molecular flexibility index (Phi) is 21.6. The van der Waals surface area contributed by atoms with Gasteiger partial charge < -0.3 is 17.7 Å². The molecule has 0 fully saturated rings. The van der Waals surface area contributed by atoms with Crippen LogP contribution in [0.4, 0.5) is 0 Å². The molecule has 0 spiro atoms. The molecule has 8 radical (unpaired) electrons. The monoisotopic (exact) mass is 1310 g/mol. The molecule has 0 N–H and O–H groups in total. The molecule has 0 aromatic heterocycles. The number of rotatable bonds is 23. The lowest BCUT2D eigenvalue weighted by Crippen LogP contribution is -2.14. The third kappa shape index (κ3) is 16.1. The van der Waals surface area contributed by atoms with Gasteiger partial charge in [-0.15, -0.1) is 0 Å². The third-order valence-corrected chi connectivity index (χ3v) is 17.6. The SMILES string of the molecule is Cc1ccc(C=C[Si]Oc2c(Br)cccc2C(CCC(c2cccc(Br)c2O[Si]C=Cc2ccc(C)cc2)c2cccc(Br)c2O[Si]C=Cc2ccc(C)cc2)c2cccc(Br)c2O[Si]C=Cc2ccc(C)cc2)cc1. The van der Waals surface area contributed by atoms with Gasteiger partial charge in [0.1, 0.15) is 23.0 Å². The average molecular weight is 1320 g/mol. The summed E-state index contributed by atoms with van der Waals surface area (Å²) < 4.78 is 30.9. The number of para-hydroxylation sites is 4. The van der Waals surface area contributed by atoms with Crippen molar-refractivity contribution in [3.63, 3.8) is 0 Å². The zero-order valence-electron chi connectivity index (χ0n) is 42.5. The van der Waals surface area contributed by atoms with Crippen molar-refractivity contribution in [2.24, 2.45) is 0 Å². The molecule has 0 aliphatic carbocycles. The van der Waals surface area contributed by atoms with Crippen LogP contribution < -0.4 is 17.7 Å². The summed E-state index contributed by atoms with van der Waals surface area (Å²) in [4.78, 5) is 0. The molecule has 0 aliphatic heterocycles. The summed E-state index contributed by atoms with van der Waals surface area (Å²) in [6.45, 7) is 8.41. The van der Waals surface area contributed by atoms with Crippen LogP contribution in [-0.4, -0.2) is 39.1 Å². The first-order valence-corrected chi connectivity index (χ1v) is 31.9. The van der Waals surface area contributed by atoms with E-state index in [1.807, 2.05) is 0 Å². The fourth-order valence-electron chi connectivity index (χ4n) is 8.52. The van der Waals surface area contributed by atoms with Gasteiger partial charge in [0.15, 0.2) is 0 Å². The van der Waals surface area contributed by atoms with Crippen molar-refractivity contribution in [1.82, 2.24) is 0 Å². The van der Waals surface area contributed by atoms with Crippen LogP contribution in [0.2, 0.25) is 0 Å². The number of hydrogen-bond donors (Lipinski definition) is 0. The van der Waals surface area contributed by atoms with Gasteiger partial charge in [0.25, 0.3) is 0 Å². The van der Waals surface area contributed by atoms with E-state index in [9.17, 15) is 0 Å². The Labute approximate surface area is 493 Å². The van der Waals surface area contributed by atoms with E-state index < -0.39 is 0 Å². The number of benzene rings is 8. The van der Waals surface area contributed by atoms with Crippen molar-refractivity contribution in [1.29, 1.82) is 0 Å². The van der Waals surface area contributed by atoms with E-state index in [-0.39, 0.29) is 50.9 Å². The standard InChI is InChI=1S/C64H54Br4O4Si4/c1-43-17-25-47(26-18-43)35-39-73-69-61-53(9-5-13-57(61)65)51(54-10-6-14-58(66)62(54)70-74-40-36-48-27-19-44(2)20-28-48)33-34-52(55-11-7-15-59(67)63(55)71-75-41-37-49-29-21-45(3)22-30-49)56-12-8-16-60(68)64(56)72-76-42-38-50-31-23-46(4)24-32-50/h5-32,35-42,51-52H,33-34H2,1-4H3. The van der Waals surface area contributed by atoms with Gasteiger partial charge in [-0.2, -0.15) is 0 Å². The van der Waals surface area contributed by atoms with E-state index >= 15 is 0 Å². The van der Waals surface area contributed by atoms with E-state index in [1.165, 1.54) is 22.3 Å². The van der Waals surface area contributed by atoms with Crippen molar-refractivity contribution in [2.45, 2.75) is 52.4 Å². The summed E-state index contributed by atoms with van der Waals surface area (Å²) in [5.41, 5.74) is 22.0. The molecule has 0 bridgehead atoms. The van der Waals surface area contributed by atoms with Crippen molar-refractivity contribution < 1.29 is 17.7 Å². The molecule has 76 heavy (non-hydrogen) atoms. The first-order valence-electron chi connectivity index (χ1n) is 24.8. The van der Waals surface area contributed by atoms with Crippen LogP contribution in [-0.2, 0) is 0 Å². The summed E-state index contributed by atoms with van der Waals surface area (Å²) in [6.07, 6.45) is 9.86. The molecule has 378 valence electrons. The van der Waals surface area contributed by atoms with E-state index in [0.29, 0.717) is 12.8 Å². The zero-order valence-corrected chi connectivity index (χ0v) is 52.8. The molecule has 4 nitrogen and oxygen atoms in total. The molecule has 0 amide bonds. The van der Waals surface area contributed by atoms with Gasteiger partial charge in [-0.3, -0.25) is 0 Å². The summed E-state index contributed by atoms with van der Waals surface area (Å²) in [5, 5.41) is 0. The molecular formula is C64H54Br4O4Si4. The smallest absolute Gasteiger partial charge is 0.343 e. The van der Waals surface area contributed by atoms with Crippen LogP contribution in [0.5, 0.6) is 23.0 Å². The van der Waals surface area contributed by atoms with Gasteiger partial charge in [0.05, 0.1) is 17.9 Å². The predicted octanol–water partition coefficient (Wildman–Crippen LogP) is 18.4. The molecular weight excluding hydrogens is 1260 g/mol. The lowest BCUT2D eigenvalue weighted by molar-refractivity contribution is 0.522. The van der Waals surface area contributed by atoms with E-state index in [0.717, 1.165) is 85.4 Å². The Hall–Kier alpha value is -5.29. The summed E-state index contributed by atoms with van der Waals surface area (Å²) in [7, 11) is 0.276. The molecule has 8 aromatic rings. The second-order valence-electron chi connectivity index (χ2n) is 18.2. The van der Waals surface area contributed by atoms with Crippen LogP contribution in [0, 0.1) is 27.7 Å². The maximum absolute atomic E-state index is 6.84. The molecule has 0 atom stereocenters. The minimum absolute atomic E-state index is 0.0689. The van der Waals surface area contributed by atoms with E-state index in [1.54, 1.807) is 0 Å². The Bertz CT molecular complexity index is 2870. The fourth-order valence-corrected chi connectivity index (χ4v) is 13.7. The fraction of sp³-hybridized carbons (Fsp3) is 0.125. The van der Waals surface area contributed by atoms with Crippen LogP contribution in [0.25, 0.3) is 24.3 Å². The Morgan fingerprint density at radius 3 is 0.737 bits per heavy atom. The number of aryl methyl sites for hydroxylation is 4. The zero-order chi connectivity index (χ0) is 53.2. The molecule has 0 aliphatic rings. The number of halogens is 4. The van der Waals surface area contributed by atoms with Gasteiger partial charge in [-0.1, -0.05) is 215 Å². The largest absolute Gasteiger partial charge is 0.535 e. The number of hydrogen-bond acceptors (Lipinski definition) is 4. The van der Waals surface area contributed by atoms with Gasteiger partial charge in [-0.05, 0) is 151 Å². The van der Waals surface area contributed by atoms with Crippen LogP contribution in [0.1, 0.15) is 91.4 Å². The average Bonchev–Trinajstić information content (AvgIpc) is 3.45. The third-order valence-electron chi connectivity index (χ3n) is 12.6. The normalized spacial score (nSPS) is 12.5. The Morgan fingerprint density at radius 1 is 0.316 bits per heavy atom. The minimum Gasteiger partial charge on any atom is -0.535 e. The first-order chi connectivity index (χ1) is 37.0. The summed E-state index contributed by atoms with van der Waals surface area (Å²) >= 11 is 15.8. The van der Waals surface area contributed by atoms with Gasteiger partial charge in [0, 0.05) is 34.1 Å². The predicted molar refractivity (Wildman–Crippen MR) is 336 cm³/mol.